The third-order valence-corrected chi connectivity index (χ3v) is 6.35. The predicted molar refractivity (Wildman–Crippen MR) is 71.8 cm³/mol. The summed E-state index contributed by atoms with van der Waals surface area (Å²) in [5.41, 5.74) is 0. The smallest absolute Gasteiger partial charge is 0.214 e. The van der Waals surface area contributed by atoms with Crippen molar-refractivity contribution < 1.29 is 8.42 Å². The summed E-state index contributed by atoms with van der Waals surface area (Å²) < 4.78 is 26.7. The number of hydrogen-bond acceptors (Lipinski definition) is 3. The van der Waals surface area contributed by atoms with Crippen molar-refractivity contribution in [3.8, 4) is 0 Å². The van der Waals surface area contributed by atoms with Gasteiger partial charge in [-0.15, -0.1) is 0 Å². The third-order valence-electron chi connectivity index (χ3n) is 4.29. The summed E-state index contributed by atoms with van der Waals surface area (Å²) >= 11 is 0. The zero-order chi connectivity index (χ0) is 12.6. The highest BCUT2D eigenvalue weighted by molar-refractivity contribution is 7.89. The van der Waals surface area contributed by atoms with Crippen LogP contribution in [0.5, 0.6) is 0 Å². The fourth-order valence-electron chi connectivity index (χ4n) is 2.86. The Bertz CT molecular complexity index is 382. The van der Waals surface area contributed by atoms with E-state index >= 15 is 0 Å². The van der Waals surface area contributed by atoms with Crippen LogP contribution in [-0.4, -0.2) is 44.2 Å². The highest BCUT2D eigenvalue weighted by atomic mass is 32.2. The van der Waals surface area contributed by atoms with E-state index in [2.05, 4.69) is 5.32 Å². The zero-order valence-corrected chi connectivity index (χ0v) is 11.8. The van der Waals surface area contributed by atoms with E-state index in [0.717, 1.165) is 45.3 Å². The van der Waals surface area contributed by atoms with Crippen LogP contribution in [0.1, 0.15) is 38.5 Å². The monoisotopic (exact) mass is 272 g/mol. The van der Waals surface area contributed by atoms with Crippen LogP contribution in [0.25, 0.3) is 0 Å². The summed E-state index contributed by atoms with van der Waals surface area (Å²) in [4.78, 5) is 0. The molecule has 1 saturated heterocycles. The highest BCUT2D eigenvalue weighted by Crippen LogP contribution is 2.36. The maximum Gasteiger partial charge on any atom is 0.214 e. The van der Waals surface area contributed by atoms with Crippen molar-refractivity contribution in [2.24, 2.45) is 11.8 Å². The van der Waals surface area contributed by atoms with Crippen LogP contribution in [0, 0.1) is 11.8 Å². The Morgan fingerprint density at radius 3 is 2.39 bits per heavy atom. The molecule has 104 valence electrons. The van der Waals surface area contributed by atoms with Gasteiger partial charge in [0.2, 0.25) is 10.0 Å². The molecule has 0 bridgehead atoms. The van der Waals surface area contributed by atoms with Gasteiger partial charge in [-0.2, -0.15) is 4.31 Å². The average molecular weight is 272 g/mol. The molecule has 1 atom stereocenters. The molecule has 0 radical (unpaired) electrons. The van der Waals surface area contributed by atoms with E-state index in [4.69, 9.17) is 0 Å². The fourth-order valence-corrected chi connectivity index (χ4v) is 5.09. The molecular weight excluding hydrogens is 248 g/mol. The lowest BCUT2D eigenvalue weighted by molar-refractivity contribution is 0.286. The number of hydrogen-bond donors (Lipinski definition) is 1. The molecule has 2 aliphatic carbocycles. The first-order chi connectivity index (χ1) is 8.65. The molecule has 3 fully saturated rings. The second-order valence-corrected chi connectivity index (χ2v) is 8.20. The minimum atomic E-state index is -2.99. The van der Waals surface area contributed by atoms with Crippen molar-refractivity contribution in [3.05, 3.63) is 0 Å². The second kappa shape index (κ2) is 5.10. The van der Waals surface area contributed by atoms with E-state index in [1.54, 1.807) is 0 Å². The Balaban J connectivity index is 1.63. The lowest BCUT2D eigenvalue weighted by Crippen LogP contribution is -2.43. The number of nitrogens with zero attached hydrogens (tertiary/aromatic N) is 1. The zero-order valence-electron chi connectivity index (χ0n) is 11.0. The molecule has 18 heavy (non-hydrogen) atoms. The molecule has 3 rings (SSSR count). The number of piperidine rings is 1. The van der Waals surface area contributed by atoms with E-state index in [-0.39, 0.29) is 0 Å². The average Bonchev–Trinajstić information content (AvgIpc) is 3.21. The van der Waals surface area contributed by atoms with Gasteiger partial charge in [-0.1, -0.05) is 0 Å². The minimum Gasteiger partial charge on any atom is -0.316 e. The van der Waals surface area contributed by atoms with E-state index in [1.165, 1.54) is 12.8 Å². The van der Waals surface area contributed by atoms with E-state index in [0.29, 0.717) is 23.6 Å². The maximum atomic E-state index is 12.4. The molecule has 1 heterocycles. The van der Waals surface area contributed by atoms with Crippen LogP contribution >= 0.6 is 0 Å². The molecule has 4 nitrogen and oxygen atoms in total. The van der Waals surface area contributed by atoms with E-state index in [1.807, 2.05) is 4.31 Å². The van der Waals surface area contributed by atoms with Crippen LogP contribution in [0.15, 0.2) is 0 Å². The molecule has 0 aromatic carbocycles. The van der Waals surface area contributed by atoms with Crippen LogP contribution in [-0.2, 0) is 10.0 Å². The number of nitrogens with one attached hydrogen (secondary N) is 1. The molecule has 0 aromatic heterocycles. The van der Waals surface area contributed by atoms with Crippen LogP contribution < -0.4 is 5.32 Å². The molecular formula is C13H24N2O2S. The van der Waals surface area contributed by atoms with Crippen molar-refractivity contribution in [3.63, 3.8) is 0 Å². The quantitative estimate of drug-likeness (QED) is 0.790. The van der Waals surface area contributed by atoms with Crippen molar-refractivity contribution in [1.29, 1.82) is 0 Å². The Kier molecular flexibility index (Phi) is 3.65. The van der Waals surface area contributed by atoms with Gasteiger partial charge in [-0.3, -0.25) is 0 Å². The Morgan fingerprint density at radius 2 is 1.83 bits per heavy atom. The van der Waals surface area contributed by atoms with Crippen LogP contribution in [0.2, 0.25) is 0 Å². The first-order valence-electron chi connectivity index (χ1n) is 7.35. The summed E-state index contributed by atoms with van der Waals surface area (Å²) in [6.07, 6.45) is 6.74. The summed E-state index contributed by atoms with van der Waals surface area (Å²) in [7, 11) is -2.99. The van der Waals surface area contributed by atoms with Crippen molar-refractivity contribution in [1.82, 2.24) is 9.62 Å². The molecule has 0 aromatic rings. The Morgan fingerprint density at radius 1 is 1.06 bits per heavy atom. The summed E-state index contributed by atoms with van der Waals surface area (Å²) in [6, 6.07) is 0.329. The first kappa shape index (κ1) is 12.9. The summed E-state index contributed by atoms with van der Waals surface area (Å²) in [5.74, 6) is 1.39. The van der Waals surface area contributed by atoms with Gasteiger partial charge in [0.15, 0.2) is 0 Å². The number of rotatable bonds is 6. The first-order valence-corrected chi connectivity index (χ1v) is 8.96. The SMILES string of the molecule is O=S(=O)(CC1CC1)N(CC1CCCNC1)C1CC1. The molecule has 0 spiro atoms. The summed E-state index contributed by atoms with van der Waals surface area (Å²) in [5, 5.41) is 3.38. The fraction of sp³-hybridized carbons (Fsp3) is 1.00. The molecule has 1 N–H and O–H groups in total. The van der Waals surface area contributed by atoms with Gasteiger partial charge in [0.05, 0.1) is 5.75 Å². The van der Waals surface area contributed by atoms with Gasteiger partial charge in [0.1, 0.15) is 0 Å². The molecule has 1 aliphatic heterocycles. The summed E-state index contributed by atoms with van der Waals surface area (Å²) in [6.45, 7) is 2.84. The maximum absolute atomic E-state index is 12.4. The van der Waals surface area contributed by atoms with Gasteiger partial charge >= 0.3 is 0 Å². The van der Waals surface area contributed by atoms with Crippen LogP contribution in [0.4, 0.5) is 0 Å². The van der Waals surface area contributed by atoms with Gasteiger partial charge in [0, 0.05) is 12.6 Å². The van der Waals surface area contributed by atoms with Gasteiger partial charge in [-0.05, 0) is 63.5 Å². The van der Waals surface area contributed by atoms with E-state index < -0.39 is 10.0 Å². The molecule has 5 heteroatoms. The third kappa shape index (κ3) is 3.25. The van der Waals surface area contributed by atoms with E-state index in [9.17, 15) is 8.42 Å². The van der Waals surface area contributed by atoms with Crippen molar-refractivity contribution in [2.45, 2.75) is 44.6 Å². The standard InChI is InChI=1S/C13H24N2O2S/c16-18(17,10-11-3-4-11)15(13-5-6-13)9-12-2-1-7-14-8-12/h11-14H,1-10H2. The minimum absolute atomic E-state index is 0.329. The largest absolute Gasteiger partial charge is 0.316 e. The number of sulfonamides is 1. The normalized spacial score (nSPS) is 29.7. The molecule has 1 unspecified atom stereocenters. The van der Waals surface area contributed by atoms with Gasteiger partial charge < -0.3 is 5.32 Å². The van der Waals surface area contributed by atoms with Crippen molar-refractivity contribution >= 4 is 10.0 Å². The molecule has 0 amide bonds. The van der Waals surface area contributed by atoms with Gasteiger partial charge in [-0.25, -0.2) is 8.42 Å². The molecule has 2 saturated carbocycles. The lowest BCUT2D eigenvalue weighted by Gasteiger charge is -2.29. The predicted octanol–water partition coefficient (Wildman–Crippen LogP) is 1.19. The molecule has 3 aliphatic rings. The second-order valence-electron chi connectivity index (χ2n) is 6.24. The van der Waals surface area contributed by atoms with Crippen LogP contribution in [0.3, 0.4) is 0 Å². The Labute approximate surface area is 110 Å². The highest BCUT2D eigenvalue weighted by Gasteiger charge is 2.40. The topological polar surface area (TPSA) is 49.4 Å². The Hall–Kier alpha value is -0.130. The van der Waals surface area contributed by atoms with Gasteiger partial charge in [0.25, 0.3) is 0 Å². The lowest BCUT2D eigenvalue weighted by atomic mass is 10.00. The van der Waals surface area contributed by atoms with Crippen molar-refractivity contribution in [2.75, 3.05) is 25.4 Å².